The van der Waals surface area contributed by atoms with E-state index in [4.69, 9.17) is 29.2 Å². The van der Waals surface area contributed by atoms with E-state index in [-0.39, 0.29) is 11.4 Å². The summed E-state index contributed by atoms with van der Waals surface area (Å²) in [4.78, 5) is 12.1. The first-order valence-corrected chi connectivity index (χ1v) is 7.38. The maximum atomic E-state index is 12.1. The number of hydrogen-bond donors (Lipinski definition) is 1. The summed E-state index contributed by atoms with van der Waals surface area (Å²) in [7, 11) is 0. The number of rotatable bonds is 2. The number of para-hydroxylation sites is 1. The van der Waals surface area contributed by atoms with Crippen LogP contribution in [0.15, 0.2) is 48.5 Å². The first-order valence-electron chi connectivity index (χ1n) is 6.69. The lowest BCUT2D eigenvalue weighted by Gasteiger charge is -2.10. The number of anilines is 1. The first kappa shape index (κ1) is 18.5. The zero-order valence-electron chi connectivity index (χ0n) is 12.8. The molecule has 0 saturated carbocycles. The maximum Gasteiger partial charge on any atom is 0.195 e. The standard InChI is InChI=1S/C13H10ClNO.C4H9ClO/c14-10-7-5-9(6-8-10)13(16)11-3-1-2-4-12(11)15;1-4(2,3)6-5/h1-8H,15H2;1-3H3. The lowest BCUT2D eigenvalue weighted by atomic mass is 10.0. The molecule has 0 bridgehead atoms. The number of benzene rings is 2. The van der Waals surface area contributed by atoms with Gasteiger partial charge >= 0.3 is 0 Å². The van der Waals surface area contributed by atoms with Crippen LogP contribution in [0, 0.1) is 0 Å². The Morgan fingerprint density at radius 3 is 2.00 bits per heavy atom. The fraction of sp³-hybridized carbons (Fsp3) is 0.235. The summed E-state index contributed by atoms with van der Waals surface area (Å²) >= 11 is 10.7. The van der Waals surface area contributed by atoms with Crippen molar-refractivity contribution >= 4 is 34.9 Å². The van der Waals surface area contributed by atoms with E-state index >= 15 is 0 Å². The van der Waals surface area contributed by atoms with E-state index < -0.39 is 0 Å². The third-order valence-electron chi connectivity index (χ3n) is 2.54. The average Bonchev–Trinajstić information content (AvgIpc) is 2.48. The molecule has 5 heteroatoms. The average molecular weight is 340 g/mol. The van der Waals surface area contributed by atoms with Gasteiger partial charge in [-0.1, -0.05) is 23.7 Å². The van der Waals surface area contributed by atoms with Crippen LogP contribution in [0.4, 0.5) is 5.69 Å². The lowest BCUT2D eigenvalue weighted by Crippen LogP contribution is -2.12. The second kappa shape index (κ2) is 8.18. The van der Waals surface area contributed by atoms with Crippen LogP contribution in [0.5, 0.6) is 0 Å². The van der Waals surface area contributed by atoms with Crippen LogP contribution in [-0.4, -0.2) is 11.4 Å². The van der Waals surface area contributed by atoms with Gasteiger partial charge in [0.05, 0.1) is 17.5 Å². The largest absolute Gasteiger partial charge is 0.398 e. The molecule has 0 heterocycles. The highest BCUT2D eigenvalue weighted by molar-refractivity contribution is 6.30. The quantitative estimate of drug-likeness (QED) is 0.611. The summed E-state index contributed by atoms with van der Waals surface area (Å²) in [5, 5.41) is 0.609. The minimum Gasteiger partial charge on any atom is -0.398 e. The molecule has 0 saturated heterocycles. The molecule has 22 heavy (non-hydrogen) atoms. The molecule has 0 spiro atoms. The predicted octanol–water partition coefficient (Wildman–Crippen LogP) is 5.11. The normalized spacial score (nSPS) is 10.6. The topological polar surface area (TPSA) is 52.3 Å². The Kier molecular flexibility index (Phi) is 6.88. The minimum absolute atomic E-state index is 0.0882. The summed E-state index contributed by atoms with van der Waals surface area (Å²) in [5.74, 6) is -0.0882. The van der Waals surface area contributed by atoms with Crippen molar-refractivity contribution in [2.75, 3.05) is 5.73 Å². The molecule has 0 aliphatic heterocycles. The molecule has 118 valence electrons. The van der Waals surface area contributed by atoms with Gasteiger partial charge in [-0.25, -0.2) is 0 Å². The molecule has 0 amide bonds. The van der Waals surface area contributed by atoms with Crippen LogP contribution in [0.3, 0.4) is 0 Å². The van der Waals surface area contributed by atoms with E-state index in [1.165, 1.54) is 0 Å². The molecule has 2 aromatic rings. The molecule has 0 unspecified atom stereocenters. The molecular weight excluding hydrogens is 321 g/mol. The van der Waals surface area contributed by atoms with Gasteiger partial charge in [0, 0.05) is 21.8 Å². The molecular formula is C17H19Cl2NO2. The predicted molar refractivity (Wildman–Crippen MR) is 92.4 cm³/mol. The van der Waals surface area contributed by atoms with Gasteiger partial charge in [-0.3, -0.25) is 9.08 Å². The number of halogens is 2. The van der Waals surface area contributed by atoms with Gasteiger partial charge in [-0.2, -0.15) is 0 Å². The molecule has 0 aliphatic rings. The van der Waals surface area contributed by atoms with Crippen LogP contribution in [0.25, 0.3) is 0 Å². The third-order valence-corrected chi connectivity index (χ3v) is 3.26. The molecule has 0 aromatic heterocycles. The van der Waals surface area contributed by atoms with Crippen molar-refractivity contribution in [1.29, 1.82) is 0 Å². The summed E-state index contributed by atoms with van der Waals surface area (Å²) in [6.07, 6.45) is 0. The van der Waals surface area contributed by atoms with Gasteiger partial charge in [0.2, 0.25) is 0 Å². The second-order valence-electron chi connectivity index (χ2n) is 5.61. The minimum atomic E-state index is -0.193. The van der Waals surface area contributed by atoms with Crippen molar-refractivity contribution in [3.63, 3.8) is 0 Å². The Hall–Kier alpha value is -1.55. The summed E-state index contributed by atoms with van der Waals surface area (Å²) in [6.45, 7) is 5.67. The van der Waals surface area contributed by atoms with Gasteiger partial charge in [0.15, 0.2) is 5.78 Å². The number of hydrogen-bond acceptors (Lipinski definition) is 3. The maximum absolute atomic E-state index is 12.1. The number of carbonyl (C=O) groups is 1. The fourth-order valence-corrected chi connectivity index (χ4v) is 1.59. The molecule has 0 aliphatic carbocycles. The van der Waals surface area contributed by atoms with E-state index in [0.29, 0.717) is 21.8 Å². The Labute approximate surface area is 141 Å². The zero-order chi connectivity index (χ0) is 16.8. The molecule has 2 aromatic carbocycles. The summed E-state index contributed by atoms with van der Waals surface area (Å²) in [5.41, 5.74) is 7.14. The molecule has 0 radical (unpaired) electrons. The van der Waals surface area contributed by atoms with E-state index in [1.807, 2.05) is 20.8 Å². The zero-order valence-corrected chi connectivity index (χ0v) is 14.3. The Morgan fingerprint density at radius 1 is 1.05 bits per heavy atom. The Balaban J connectivity index is 0.000000346. The van der Waals surface area contributed by atoms with Crippen LogP contribution in [0.1, 0.15) is 36.7 Å². The highest BCUT2D eigenvalue weighted by Crippen LogP contribution is 2.17. The molecule has 2 N–H and O–H groups in total. The lowest BCUT2D eigenvalue weighted by molar-refractivity contribution is 0.103. The van der Waals surface area contributed by atoms with Crippen LogP contribution in [0.2, 0.25) is 5.02 Å². The van der Waals surface area contributed by atoms with E-state index in [1.54, 1.807) is 48.5 Å². The smallest absolute Gasteiger partial charge is 0.195 e. The Bertz CT molecular complexity index is 619. The number of nitrogens with two attached hydrogens (primary N) is 1. The van der Waals surface area contributed by atoms with Gasteiger partial charge < -0.3 is 5.73 Å². The molecule has 0 atom stereocenters. The van der Waals surface area contributed by atoms with E-state index in [2.05, 4.69) is 4.29 Å². The van der Waals surface area contributed by atoms with E-state index in [9.17, 15) is 4.79 Å². The van der Waals surface area contributed by atoms with Gasteiger partial charge in [-0.05, 0) is 57.2 Å². The summed E-state index contributed by atoms with van der Waals surface area (Å²) in [6, 6.07) is 13.8. The third kappa shape index (κ3) is 6.06. The molecule has 3 nitrogen and oxygen atoms in total. The molecule has 2 rings (SSSR count). The van der Waals surface area contributed by atoms with Crippen molar-refractivity contribution in [3.05, 3.63) is 64.7 Å². The second-order valence-corrected chi connectivity index (χ2v) is 6.20. The van der Waals surface area contributed by atoms with Crippen LogP contribution < -0.4 is 5.73 Å². The number of carbonyl (C=O) groups excluding carboxylic acids is 1. The van der Waals surface area contributed by atoms with Crippen molar-refractivity contribution < 1.29 is 9.08 Å². The van der Waals surface area contributed by atoms with Crippen molar-refractivity contribution in [2.24, 2.45) is 0 Å². The SMILES string of the molecule is CC(C)(C)OCl.Nc1ccccc1C(=O)c1ccc(Cl)cc1. The highest BCUT2D eigenvalue weighted by atomic mass is 35.5. The monoisotopic (exact) mass is 339 g/mol. The fourth-order valence-electron chi connectivity index (χ4n) is 1.46. The van der Waals surface area contributed by atoms with Gasteiger partial charge in [0.1, 0.15) is 0 Å². The van der Waals surface area contributed by atoms with Crippen LogP contribution in [-0.2, 0) is 4.29 Å². The first-order chi connectivity index (χ1) is 10.2. The highest BCUT2D eigenvalue weighted by Gasteiger charge is 2.11. The summed E-state index contributed by atoms with van der Waals surface area (Å²) < 4.78 is 4.41. The van der Waals surface area contributed by atoms with Gasteiger partial charge in [-0.15, -0.1) is 0 Å². The van der Waals surface area contributed by atoms with Crippen molar-refractivity contribution in [2.45, 2.75) is 26.4 Å². The van der Waals surface area contributed by atoms with Crippen molar-refractivity contribution in [3.8, 4) is 0 Å². The molecule has 0 fully saturated rings. The van der Waals surface area contributed by atoms with E-state index in [0.717, 1.165) is 0 Å². The number of nitrogen functional groups attached to an aromatic ring is 1. The van der Waals surface area contributed by atoms with Crippen molar-refractivity contribution in [1.82, 2.24) is 0 Å². The number of ketones is 1. The Morgan fingerprint density at radius 2 is 1.55 bits per heavy atom. The van der Waals surface area contributed by atoms with Gasteiger partial charge in [0.25, 0.3) is 0 Å². The van der Waals surface area contributed by atoms with Crippen LogP contribution >= 0.6 is 23.5 Å².